The van der Waals surface area contributed by atoms with Gasteiger partial charge in [-0.05, 0) is 36.1 Å². The average molecular weight is 328 g/mol. The van der Waals surface area contributed by atoms with Crippen molar-refractivity contribution in [2.75, 3.05) is 13.7 Å². The van der Waals surface area contributed by atoms with E-state index in [0.717, 1.165) is 22.4 Å². The molecule has 0 spiro atoms. The van der Waals surface area contributed by atoms with Crippen LogP contribution in [-0.4, -0.2) is 24.8 Å². The number of methoxy groups -OCH3 is 1. The number of aliphatic hydroxyl groups excluding tert-OH is 1. The zero-order chi connectivity index (χ0) is 17.4. The highest BCUT2D eigenvalue weighted by atomic mass is 16.5. The molecule has 2 rings (SSSR count). The smallest absolute Gasteiger partial charge is 0.315 e. The molecule has 0 saturated carbocycles. The lowest BCUT2D eigenvalue weighted by atomic mass is 10.1. The Morgan fingerprint density at radius 2 is 1.92 bits per heavy atom. The third kappa shape index (κ3) is 5.28. The van der Waals surface area contributed by atoms with Crippen LogP contribution in [0.25, 0.3) is 0 Å². The molecule has 0 heterocycles. The number of amides is 2. The summed E-state index contributed by atoms with van der Waals surface area (Å²) in [4.78, 5) is 11.8. The molecule has 1 unspecified atom stereocenters. The number of hydrogen-bond donors (Lipinski definition) is 3. The molecule has 0 aromatic heterocycles. The van der Waals surface area contributed by atoms with Crippen molar-refractivity contribution in [3.05, 3.63) is 65.2 Å². The Balaban J connectivity index is 1.71. The summed E-state index contributed by atoms with van der Waals surface area (Å²) >= 11 is 0. The van der Waals surface area contributed by atoms with Gasteiger partial charge in [-0.1, -0.05) is 42.5 Å². The maximum Gasteiger partial charge on any atom is 0.315 e. The van der Waals surface area contributed by atoms with Gasteiger partial charge in [-0.25, -0.2) is 4.79 Å². The first kappa shape index (κ1) is 17.8. The lowest BCUT2D eigenvalue weighted by Crippen LogP contribution is -2.36. The Bertz CT molecular complexity index is 659. The molecule has 0 saturated heterocycles. The van der Waals surface area contributed by atoms with E-state index in [2.05, 4.69) is 10.6 Å². The third-order valence-electron chi connectivity index (χ3n) is 3.80. The molecule has 0 aliphatic heterocycles. The van der Waals surface area contributed by atoms with Crippen molar-refractivity contribution in [1.29, 1.82) is 0 Å². The predicted octanol–water partition coefficient (Wildman–Crippen LogP) is 2.93. The minimum atomic E-state index is -0.573. The zero-order valence-electron chi connectivity index (χ0n) is 14.1. The second-order valence-electron chi connectivity index (χ2n) is 5.63. The minimum absolute atomic E-state index is 0.247. The lowest BCUT2D eigenvalue weighted by Gasteiger charge is -2.12. The van der Waals surface area contributed by atoms with Crippen LogP contribution in [0.4, 0.5) is 4.79 Å². The van der Waals surface area contributed by atoms with Crippen LogP contribution in [0.1, 0.15) is 29.2 Å². The summed E-state index contributed by atoms with van der Waals surface area (Å²) in [5, 5.41) is 15.6. The van der Waals surface area contributed by atoms with Crippen molar-refractivity contribution in [2.24, 2.45) is 0 Å². The summed E-state index contributed by atoms with van der Waals surface area (Å²) in [6.07, 6.45) is -0.102. The molecule has 0 fully saturated rings. The zero-order valence-corrected chi connectivity index (χ0v) is 14.1. The molecule has 3 N–H and O–H groups in total. The first-order chi connectivity index (χ1) is 11.6. The summed E-state index contributed by atoms with van der Waals surface area (Å²) in [6.45, 7) is 2.81. The monoisotopic (exact) mass is 328 g/mol. The molecule has 2 aromatic carbocycles. The Morgan fingerprint density at radius 1 is 1.17 bits per heavy atom. The SMILES string of the molecule is COc1ccc(CNC(=O)NCCC(O)c2ccccc2)cc1C. The molecule has 0 aliphatic rings. The van der Waals surface area contributed by atoms with Crippen LogP contribution in [0, 0.1) is 6.92 Å². The van der Waals surface area contributed by atoms with E-state index in [1.54, 1.807) is 7.11 Å². The second kappa shape index (κ2) is 8.93. The Labute approximate surface area is 142 Å². The van der Waals surface area contributed by atoms with Crippen LogP contribution in [-0.2, 0) is 6.54 Å². The van der Waals surface area contributed by atoms with Crippen molar-refractivity contribution in [2.45, 2.75) is 26.0 Å². The number of nitrogens with one attached hydrogen (secondary N) is 2. The molecular weight excluding hydrogens is 304 g/mol. The molecular formula is C19H24N2O3. The van der Waals surface area contributed by atoms with Gasteiger partial charge < -0.3 is 20.5 Å². The molecule has 2 amide bonds. The normalized spacial score (nSPS) is 11.6. The molecule has 5 heteroatoms. The molecule has 5 nitrogen and oxygen atoms in total. The quantitative estimate of drug-likeness (QED) is 0.732. The van der Waals surface area contributed by atoms with Gasteiger partial charge in [0.2, 0.25) is 0 Å². The molecule has 1 atom stereocenters. The highest BCUT2D eigenvalue weighted by molar-refractivity contribution is 5.73. The summed E-state index contributed by atoms with van der Waals surface area (Å²) in [6, 6.07) is 15.0. The van der Waals surface area contributed by atoms with Gasteiger partial charge >= 0.3 is 6.03 Å². The van der Waals surface area contributed by atoms with Crippen LogP contribution in [0.2, 0.25) is 0 Å². The fourth-order valence-electron chi connectivity index (χ4n) is 2.46. The number of hydrogen-bond acceptors (Lipinski definition) is 3. The summed E-state index contributed by atoms with van der Waals surface area (Å²) < 4.78 is 5.21. The molecule has 128 valence electrons. The molecule has 24 heavy (non-hydrogen) atoms. The highest BCUT2D eigenvalue weighted by Gasteiger charge is 2.08. The minimum Gasteiger partial charge on any atom is -0.496 e. The van der Waals surface area contributed by atoms with Gasteiger partial charge in [0.25, 0.3) is 0 Å². The molecule has 0 bridgehead atoms. The van der Waals surface area contributed by atoms with Gasteiger partial charge in [0.15, 0.2) is 0 Å². The number of carbonyl (C=O) groups is 1. The van der Waals surface area contributed by atoms with Crippen molar-refractivity contribution in [1.82, 2.24) is 10.6 Å². The van der Waals surface area contributed by atoms with Gasteiger partial charge in [0.05, 0.1) is 13.2 Å². The van der Waals surface area contributed by atoms with E-state index in [0.29, 0.717) is 19.5 Å². The fourth-order valence-corrected chi connectivity index (χ4v) is 2.46. The Hall–Kier alpha value is -2.53. The van der Waals surface area contributed by atoms with E-state index in [-0.39, 0.29) is 6.03 Å². The number of ether oxygens (including phenoxy) is 1. The van der Waals surface area contributed by atoms with E-state index in [9.17, 15) is 9.90 Å². The lowest BCUT2D eigenvalue weighted by molar-refractivity contribution is 0.167. The number of carbonyl (C=O) groups excluding carboxylic acids is 1. The summed E-state index contributed by atoms with van der Waals surface area (Å²) in [7, 11) is 1.64. The van der Waals surface area contributed by atoms with Crippen molar-refractivity contribution < 1.29 is 14.6 Å². The number of benzene rings is 2. The third-order valence-corrected chi connectivity index (χ3v) is 3.80. The Kier molecular flexibility index (Phi) is 6.63. The van der Waals surface area contributed by atoms with Gasteiger partial charge in [-0.3, -0.25) is 0 Å². The second-order valence-corrected chi connectivity index (χ2v) is 5.63. The van der Waals surface area contributed by atoms with E-state index in [1.807, 2.05) is 55.5 Å². The topological polar surface area (TPSA) is 70.6 Å². The van der Waals surface area contributed by atoms with Crippen molar-refractivity contribution in [3.63, 3.8) is 0 Å². The number of aryl methyl sites for hydroxylation is 1. The van der Waals surface area contributed by atoms with E-state index >= 15 is 0 Å². The van der Waals surface area contributed by atoms with Crippen LogP contribution >= 0.6 is 0 Å². The van der Waals surface area contributed by atoms with Crippen LogP contribution in [0.5, 0.6) is 5.75 Å². The number of aliphatic hydroxyl groups is 1. The highest BCUT2D eigenvalue weighted by Crippen LogP contribution is 2.18. The Morgan fingerprint density at radius 3 is 2.58 bits per heavy atom. The predicted molar refractivity (Wildman–Crippen MR) is 94.0 cm³/mol. The van der Waals surface area contributed by atoms with Crippen molar-refractivity contribution >= 4 is 6.03 Å². The van der Waals surface area contributed by atoms with Crippen molar-refractivity contribution in [3.8, 4) is 5.75 Å². The van der Waals surface area contributed by atoms with Gasteiger partial charge in [-0.2, -0.15) is 0 Å². The number of urea groups is 1. The van der Waals surface area contributed by atoms with Crippen LogP contribution in [0.15, 0.2) is 48.5 Å². The first-order valence-electron chi connectivity index (χ1n) is 7.98. The standard InChI is InChI=1S/C19H24N2O3/c1-14-12-15(8-9-18(14)24-2)13-21-19(23)20-11-10-17(22)16-6-4-3-5-7-16/h3-9,12,17,22H,10-11,13H2,1-2H3,(H2,20,21,23). The average Bonchev–Trinajstić information content (AvgIpc) is 2.60. The summed E-state index contributed by atoms with van der Waals surface area (Å²) in [5.41, 5.74) is 2.89. The van der Waals surface area contributed by atoms with Crippen LogP contribution in [0.3, 0.4) is 0 Å². The van der Waals surface area contributed by atoms with E-state index in [4.69, 9.17) is 4.74 Å². The van der Waals surface area contributed by atoms with Gasteiger partial charge in [-0.15, -0.1) is 0 Å². The largest absolute Gasteiger partial charge is 0.496 e. The maximum atomic E-state index is 11.8. The maximum absolute atomic E-state index is 11.8. The van der Waals surface area contributed by atoms with Gasteiger partial charge in [0, 0.05) is 13.1 Å². The van der Waals surface area contributed by atoms with Crippen LogP contribution < -0.4 is 15.4 Å². The van der Waals surface area contributed by atoms with E-state index < -0.39 is 6.10 Å². The first-order valence-corrected chi connectivity index (χ1v) is 7.98. The van der Waals surface area contributed by atoms with Gasteiger partial charge in [0.1, 0.15) is 5.75 Å². The molecule has 0 radical (unpaired) electrons. The molecule has 0 aliphatic carbocycles. The van der Waals surface area contributed by atoms with E-state index in [1.165, 1.54) is 0 Å². The molecule has 2 aromatic rings. The number of rotatable bonds is 7. The summed E-state index contributed by atoms with van der Waals surface area (Å²) in [5.74, 6) is 0.832. The fraction of sp³-hybridized carbons (Fsp3) is 0.316.